The van der Waals surface area contributed by atoms with Gasteiger partial charge in [0.2, 0.25) is 0 Å². The summed E-state index contributed by atoms with van der Waals surface area (Å²) >= 11 is 0. The van der Waals surface area contributed by atoms with E-state index in [0.717, 1.165) is 62.2 Å². The van der Waals surface area contributed by atoms with Gasteiger partial charge in [0.15, 0.2) is 29.1 Å². The molecule has 0 saturated carbocycles. The van der Waals surface area contributed by atoms with Crippen molar-refractivity contribution < 1.29 is 0 Å². The second-order valence-electron chi connectivity index (χ2n) is 14.8. The van der Waals surface area contributed by atoms with Crippen LogP contribution < -0.4 is 0 Å². The molecule has 4 aromatic carbocycles. The molecule has 7 aromatic rings. The van der Waals surface area contributed by atoms with Crippen LogP contribution in [0.4, 0.5) is 0 Å². The molecule has 0 saturated heterocycles. The first-order valence-electron chi connectivity index (χ1n) is 18.7. The second-order valence-corrected chi connectivity index (χ2v) is 14.8. The molecule has 0 atom stereocenters. The molecule has 0 N–H and O–H groups in total. The topological polar surface area (TPSA) is 116 Å². The largest absolute Gasteiger partial charge is 0.217 e. The molecule has 0 aliphatic heterocycles. The van der Waals surface area contributed by atoms with Crippen LogP contribution >= 0.6 is 0 Å². The van der Waals surface area contributed by atoms with Crippen LogP contribution in [0.15, 0.2) is 103 Å². The Labute approximate surface area is 317 Å². The van der Waals surface area contributed by atoms with E-state index < -0.39 is 0 Å². The van der Waals surface area contributed by atoms with E-state index >= 15 is 0 Å². The molecule has 7 rings (SSSR count). The Kier molecular flexibility index (Phi) is 10.4. The van der Waals surface area contributed by atoms with Crippen molar-refractivity contribution in [2.24, 2.45) is 0 Å². The van der Waals surface area contributed by atoms with Crippen molar-refractivity contribution in [3.8, 4) is 68.1 Å². The average molecular weight is 712 g/mol. The van der Waals surface area contributed by atoms with Gasteiger partial charge in [-0.3, -0.25) is 0 Å². The van der Waals surface area contributed by atoms with E-state index in [1.807, 2.05) is 60.7 Å². The van der Waals surface area contributed by atoms with Gasteiger partial charge in [0.05, 0.1) is 0 Å². The zero-order valence-electron chi connectivity index (χ0n) is 32.1. The maximum atomic E-state index is 5.16. The molecule has 9 heteroatoms. The van der Waals surface area contributed by atoms with E-state index in [4.69, 9.17) is 44.9 Å². The molecule has 0 aliphatic carbocycles. The smallest absolute Gasteiger partial charge is 0.164 e. The lowest BCUT2D eigenvalue weighted by molar-refractivity contribution is 0.696. The molecule has 3 heterocycles. The average Bonchev–Trinajstić information content (AvgIpc) is 3.20. The number of hydrogen-bond donors (Lipinski definition) is 0. The summed E-state index contributed by atoms with van der Waals surface area (Å²) in [6.45, 7) is 16.8. The minimum Gasteiger partial charge on any atom is -0.217 e. The fourth-order valence-corrected chi connectivity index (χ4v) is 5.94. The van der Waals surface area contributed by atoms with Crippen molar-refractivity contribution in [3.05, 3.63) is 126 Å². The summed E-state index contributed by atoms with van der Waals surface area (Å²) in [5.41, 5.74) is 6.31. The highest BCUT2D eigenvalue weighted by molar-refractivity contribution is 5.77. The molecule has 0 fully saturated rings. The summed E-state index contributed by atoms with van der Waals surface area (Å²) in [5, 5.41) is 0. The Balaban J connectivity index is 1.49. The van der Waals surface area contributed by atoms with Crippen LogP contribution in [0.5, 0.6) is 0 Å². The highest BCUT2D eigenvalue weighted by Gasteiger charge is 2.20. The molecule has 0 bridgehead atoms. The number of rotatable bonds is 10. The van der Waals surface area contributed by atoms with E-state index in [1.165, 1.54) is 0 Å². The highest BCUT2D eigenvalue weighted by Crippen LogP contribution is 2.34. The summed E-state index contributed by atoms with van der Waals surface area (Å²) in [7, 11) is 0. The molecule has 0 amide bonds. The van der Waals surface area contributed by atoms with Gasteiger partial charge in [-0.05, 0) is 35.4 Å². The standard InChI is InChI=1S/C45H45N9/c1-26(2)37-46-38(27(3)4)49-43(48-37)34-23-35(44-50-39(28(5)6)47-40(51-44)29(7)8)25-36(24-34)45-53-41(31-18-13-10-14-19-31)52-42(54-45)33-21-15-20-32(22-33)30-16-11-9-12-17-30/h9-29H,1-8H3. The monoisotopic (exact) mass is 711 g/mol. The quantitative estimate of drug-likeness (QED) is 0.137. The van der Waals surface area contributed by atoms with Gasteiger partial charge in [-0.2, -0.15) is 0 Å². The zero-order chi connectivity index (χ0) is 37.9. The minimum absolute atomic E-state index is 0.115. The molecule has 270 valence electrons. The van der Waals surface area contributed by atoms with Crippen LogP contribution in [-0.4, -0.2) is 44.9 Å². The summed E-state index contributed by atoms with van der Waals surface area (Å²) < 4.78 is 0. The molecular formula is C45H45N9. The normalized spacial score (nSPS) is 11.6. The van der Waals surface area contributed by atoms with E-state index in [2.05, 4.69) is 97.9 Å². The van der Waals surface area contributed by atoms with Gasteiger partial charge in [0.1, 0.15) is 23.3 Å². The first-order valence-corrected chi connectivity index (χ1v) is 18.7. The second kappa shape index (κ2) is 15.5. The van der Waals surface area contributed by atoms with Crippen LogP contribution in [-0.2, 0) is 0 Å². The molecule has 0 spiro atoms. The first-order chi connectivity index (χ1) is 26.0. The summed E-state index contributed by atoms with van der Waals surface area (Å²) in [4.78, 5) is 44.9. The third-order valence-corrected chi connectivity index (χ3v) is 9.01. The molecule has 54 heavy (non-hydrogen) atoms. The van der Waals surface area contributed by atoms with Gasteiger partial charge in [-0.15, -0.1) is 0 Å². The van der Waals surface area contributed by atoms with Crippen LogP contribution in [0.25, 0.3) is 68.1 Å². The van der Waals surface area contributed by atoms with Crippen molar-refractivity contribution in [2.75, 3.05) is 0 Å². The van der Waals surface area contributed by atoms with Crippen LogP contribution in [0.1, 0.15) is 102 Å². The minimum atomic E-state index is 0.115. The summed E-state index contributed by atoms with van der Waals surface area (Å²) in [6.07, 6.45) is 0. The molecular weight excluding hydrogens is 667 g/mol. The predicted molar refractivity (Wildman–Crippen MR) is 216 cm³/mol. The lowest BCUT2D eigenvalue weighted by Crippen LogP contribution is -2.09. The van der Waals surface area contributed by atoms with Crippen molar-refractivity contribution in [3.63, 3.8) is 0 Å². The van der Waals surface area contributed by atoms with E-state index in [0.29, 0.717) is 29.1 Å². The van der Waals surface area contributed by atoms with Gasteiger partial charge in [-0.1, -0.05) is 134 Å². The van der Waals surface area contributed by atoms with E-state index in [-0.39, 0.29) is 23.7 Å². The summed E-state index contributed by atoms with van der Waals surface area (Å²) in [5.74, 6) is 6.24. The van der Waals surface area contributed by atoms with Gasteiger partial charge in [0, 0.05) is 51.5 Å². The van der Waals surface area contributed by atoms with Gasteiger partial charge >= 0.3 is 0 Å². The number of aromatic nitrogens is 9. The number of hydrogen-bond acceptors (Lipinski definition) is 9. The number of nitrogens with zero attached hydrogens (tertiary/aromatic N) is 9. The predicted octanol–water partition coefficient (Wildman–Crippen LogP) is 10.7. The Morgan fingerprint density at radius 1 is 0.259 bits per heavy atom. The first kappa shape index (κ1) is 36.3. The fourth-order valence-electron chi connectivity index (χ4n) is 5.94. The van der Waals surface area contributed by atoms with Gasteiger partial charge in [-0.25, -0.2) is 44.9 Å². The lowest BCUT2D eigenvalue weighted by Gasteiger charge is -2.15. The molecule has 0 radical (unpaired) electrons. The zero-order valence-corrected chi connectivity index (χ0v) is 32.1. The van der Waals surface area contributed by atoms with Crippen molar-refractivity contribution in [1.82, 2.24) is 44.9 Å². The highest BCUT2D eigenvalue weighted by atomic mass is 15.1. The summed E-state index contributed by atoms with van der Waals surface area (Å²) in [6, 6.07) is 34.8. The van der Waals surface area contributed by atoms with Gasteiger partial charge in [0.25, 0.3) is 0 Å². The molecule has 0 aliphatic rings. The maximum absolute atomic E-state index is 5.16. The molecule has 3 aromatic heterocycles. The van der Waals surface area contributed by atoms with Crippen LogP contribution in [0.3, 0.4) is 0 Å². The maximum Gasteiger partial charge on any atom is 0.164 e. The van der Waals surface area contributed by atoms with Crippen LogP contribution in [0.2, 0.25) is 0 Å². The third kappa shape index (κ3) is 7.95. The fraction of sp³-hybridized carbons (Fsp3) is 0.267. The third-order valence-electron chi connectivity index (χ3n) is 9.01. The van der Waals surface area contributed by atoms with E-state index in [9.17, 15) is 0 Å². The van der Waals surface area contributed by atoms with Crippen LogP contribution in [0, 0.1) is 0 Å². The SMILES string of the molecule is CC(C)c1nc(-c2cc(-c3nc(-c4ccccc4)nc(-c4cccc(-c5ccccc5)c4)n3)cc(-c3nc(C(C)C)nc(C(C)C)n3)c2)nc(C(C)C)n1. The van der Waals surface area contributed by atoms with Crippen molar-refractivity contribution in [1.29, 1.82) is 0 Å². The Bertz CT molecular complexity index is 2270. The number of benzene rings is 4. The molecule has 9 nitrogen and oxygen atoms in total. The Hall–Kier alpha value is -6.09. The van der Waals surface area contributed by atoms with Crippen molar-refractivity contribution >= 4 is 0 Å². The Morgan fingerprint density at radius 2 is 0.556 bits per heavy atom. The molecule has 0 unspecified atom stereocenters. The van der Waals surface area contributed by atoms with Gasteiger partial charge < -0.3 is 0 Å². The Morgan fingerprint density at radius 3 is 0.963 bits per heavy atom. The van der Waals surface area contributed by atoms with E-state index in [1.54, 1.807) is 0 Å². The lowest BCUT2D eigenvalue weighted by atomic mass is 10.0. The van der Waals surface area contributed by atoms with Crippen molar-refractivity contribution in [2.45, 2.75) is 79.1 Å².